The first kappa shape index (κ1) is 18.5. The van der Waals surface area contributed by atoms with Crippen molar-refractivity contribution in [3.63, 3.8) is 0 Å². The molecule has 0 aliphatic carbocycles. The van der Waals surface area contributed by atoms with Crippen molar-refractivity contribution < 1.29 is 13.2 Å². The molecule has 2 heterocycles. The molecule has 1 aliphatic rings. The van der Waals surface area contributed by atoms with Gasteiger partial charge in [-0.2, -0.15) is 18.3 Å². The van der Waals surface area contributed by atoms with E-state index in [0.29, 0.717) is 40.2 Å². The Balaban J connectivity index is 1.93. The van der Waals surface area contributed by atoms with Gasteiger partial charge in [-0.15, -0.1) is 0 Å². The number of halogens is 6. The van der Waals surface area contributed by atoms with Crippen molar-refractivity contribution >= 4 is 40.6 Å². The van der Waals surface area contributed by atoms with Crippen LogP contribution in [0.2, 0.25) is 15.1 Å². The van der Waals surface area contributed by atoms with Crippen LogP contribution in [0, 0.1) is 0 Å². The van der Waals surface area contributed by atoms with Crippen molar-refractivity contribution in [2.45, 2.75) is 12.6 Å². The second-order valence-electron chi connectivity index (χ2n) is 6.05. The van der Waals surface area contributed by atoms with Gasteiger partial charge in [0.15, 0.2) is 0 Å². The number of aromatic nitrogens is 2. The van der Waals surface area contributed by atoms with E-state index in [1.807, 2.05) is 0 Å². The highest BCUT2D eigenvalue weighted by atomic mass is 35.5. The molecule has 2 aromatic carbocycles. The monoisotopic (exact) mass is 431 g/mol. The van der Waals surface area contributed by atoms with Crippen LogP contribution in [0.5, 0.6) is 0 Å². The normalized spacial score (nSPS) is 13.6. The largest absolute Gasteiger partial charge is 0.416 e. The number of alkyl halides is 3. The SMILES string of the molecule is FC(F)(F)c1ccc(Cl)c(-c2nn(-c3cc(Cl)ccc3Cl)c3c2CCN3)c1. The van der Waals surface area contributed by atoms with Crippen LogP contribution < -0.4 is 5.32 Å². The standard InChI is InChI=1S/C18H11Cl3F3N3/c19-10-2-4-14(21)15(8-10)27-17-11(5-6-25-17)16(26-27)12-7-9(18(22,23)24)1-3-13(12)20/h1-4,7-8,25H,5-6H2. The van der Waals surface area contributed by atoms with E-state index in [-0.39, 0.29) is 10.6 Å². The summed E-state index contributed by atoms with van der Waals surface area (Å²) >= 11 is 18.6. The molecule has 0 radical (unpaired) electrons. The smallest absolute Gasteiger partial charge is 0.369 e. The van der Waals surface area contributed by atoms with Crippen molar-refractivity contribution in [2.75, 3.05) is 11.9 Å². The number of nitrogens with one attached hydrogen (secondary N) is 1. The zero-order valence-electron chi connectivity index (χ0n) is 13.5. The number of fused-ring (bicyclic) bond motifs is 1. The Kier molecular flexibility index (Phi) is 4.53. The van der Waals surface area contributed by atoms with Gasteiger partial charge in [0, 0.05) is 22.7 Å². The lowest BCUT2D eigenvalue weighted by molar-refractivity contribution is -0.137. The number of anilines is 1. The molecule has 0 unspecified atom stereocenters. The van der Waals surface area contributed by atoms with Crippen LogP contribution in [0.15, 0.2) is 36.4 Å². The predicted octanol–water partition coefficient (Wildman–Crippen LogP) is 6.49. The molecule has 1 N–H and O–H groups in total. The van der Waals surface area contributed by atoms with Gasteiger partial charge in [0.25, 0.3) is 0 Å². The number of nitrogens with zero attached hydrogens (tertiary/aromatic N) is 2. The molecule has 0 bridgehead atoms. The fourth-order valence-corrected chi connectivity index (χ4v) is 3.67. The molecule has 1 aliphatic heterocycles. The lowest BCUT2D eigenvalue weighted by Crippen LogP contribution is -2.06. The van der Waals surface area contributed by atoms with E-state index in [1.54, 1.807) is 22.9 Å². The maximum Gasteiger partial charge on any atom is 0.416 e. The maximum atomic E-state index is 13.1. The van der Waals surface area contributed by atoms with Gasteiger partial charge in [-0.05, 0) is 42.8 Å². The van der Waals surface area contributed by atoms with Crippen molar-refractivity contribution in [3.05, 3.63) is 62.6 Å². The molecule has 1 aromatic heterocycles. The van der Waals surface area contributed by atoms with Crippen molar-refractivity contribution in [3.8, 4) is 16.9 Å². The predicted molar refractivity (Wildman–Crippen MR) is 101 cm³/mol. The zero-order chi connectivity index (χ0) is 19.3. The van der Waals surface area contributed by atoms with Gasteiger partial charge in [-0.25, -0.2) is 4.68 Å². The second kappa shape index (κ2) is 6.62. The van der Waals surface area contributed by atoms with E-state index in [4.69, 9.17) is 34.8 Å². The fraction of sp³-hybridized carbons (Fsp3) is 0.167. The Labute approximate surface area is 167 Å². The Morgan fingerprint density at radius 1 is 1.00 bits per heavy atom. The molecular formula is C18H11Cl3F3N3. The van der Waals surface area contributed by atoms with Crippen LogP contribution in [0.1, 0.15) is 11.1 Å². The van der Waals surface area contributed by atoms with Crippen molar-refractivity contribution in [1.29, 1.82) is 0 Å². The average Bonchev–Trinajstić information content (AvgIpc) is 3.19. The van der Waals surface area contributed by atoms with E-state index in [0.717, 1.165) is 17.7 Å². The van der Waals surface area contributed by atoms with Gasteiger partial charge in [0.2, 0.25) is 0 Å². The minimum Gasteiger partial charge on any atom is -0.369 e. The lowest BCUT2D eigenvalue weighted by Gasteiger charge is -2.10. The van der Waals surface area contributed by atoms with E-state index in [2.05, 4.69) is 10.4 Å². The third-order valence-corrected chi connectivity index (χ3v) is 5.22. The van der Waals surface area contributed by atoms with Crippen LogP contribution in [-0.4, -0.2) is 16.3 Å². The average molecular weight is 433 g/mol. The van der Waals surface area contributed by atoms with Crippen LogP contribution in [0.25, 0.3) is 16.9 Å². The van der Waals surface area contributed by atoms with Gasteiger partial charge in [0.05, 0.1) is 27.0 Å². The minimum atomic E-state index is -4.47. The van der Waals surface area contributed by atoms with E-state index in [1.165, 1.54) is 6.07 Å². The Morgan fingerprint density at radius 2 is 1.74 bits per heavy atom. The van der Waals surface area contributed by atoms with Gasteiger partial charge >= 0.3 is 6.18 Å². The van der Waals surface area contributed by atoms with Gasteiger partial charge in [-0.1, -0.05) is 34.8 Å². The summed E-state index contributed by atoms with van der Waals surface area (Å²) in [4.78, 5) is 0. The highest BCUT2D eigenvalue weighted by Crippen LogP contribution is 2.41. The summed E-state index contributed by atoms with van der Waals surface area (Å²) in [6, 6.07) is 8.14. The summed E-state index contributed by atoms with van der Waals surface area (Å²) in [5, 5.41) is 8.80. The summed E-state index contributed by atoms with van der Waals surface area (Å²) < 4.78 is 41.0. The second-order valence-corrected chi connectivity index (χ2v) is 7.30. The summed E-state index contributed by atoms with van der Waals surface area (Å²) in [5.41, 5.74) is 1.15. The topological polar surface area (TPSA) is 29.9 Å². The number of hydrogen-bond acceptors (Lipinski definition) is 2. The highest BCUT2D eigenvalue weighted by Gasteiger charge is 2.32. The molecular weight excluding hydrogens is 422 g/mol. The molecule has 0 amide bonds. The fourth-order valence-electron chi connectivity index (χ4n) is 3.10. The molecule has 0 saturated carbocycles. The van der Waals surface area contributed by atoms with Crippen LogP contribution >= 0.6 is 34.8 Å². The molecule has 9 heteroatoms. The van der Waals surface area contributed by atoms with Crippen molar-refractivity contribution in [2.24, 2.45) is 0 Å². The number of hydrogen-bond donors (Lipinski definition) is 1. The molecule has 0 fully saturated rings. The third-order valence-electron chi connectivity index (χ3n) is 4.34. The summed E-state index contributed by atoms with van der Waals surface area (Å²) in [6.07, 6.45) is -3.87. The molecule has 3 aromatic rings. The first-order valence-corrected chi connectivity index (χ1v) is 9.07. The van der Waals surface area contributed by atoms with Crippen LogP contribution in [0.3, 0.4) is 0 Å². The summed E-state index contributed by atoms with van der Waals surface area (Å²) in [7, 11) is 0. The Hall–Kier alpha value is -1.89. The van der Waals surface area contributed by atoms with E-state index < -0.39 is 11.7 Å². The molecule has 3 nitrogen and oxygen atoms in total. The quantitative estimate of drug-likeness (QED) is 0.502. The number of rotatable bonds is 2. The Bertz CT molecular complexity index is 1040. The summed E-state index contributed by atoms with van der Waals surface area (Å²) in [6.45, 7) is 0.634. The summed E-state index contributed by atoms with van der Waals surface area (Å²) in [5.74, 6) is 0.669. The van der Waals surface area contributed by atoms with Crippen LogP contribution in [0.4, 0.5) is 19.0 Å². The molecule has 4 rings (SSSR count). The number of benzene rings is 2. The van der Waals surface area contributed by atoms with Crippen LogP contribution in [-0.2, 0) is 12.6 Å². The molecule has 27 heavy (non-hydrogen) atoms. The Morgan fingerprint density at radius 3 is 2.48 bits per heavy atom. The maximum absolute atomic E-state index is 13.1. The molecule has 140 valence electrons. The lowest BCUT2D eigenvalue weighted by atomic mass is 10.0. The van der Waals surface area contributed by atoms with Gasteiger partial charge in [0.1, 0.15) is 5.82 Å². The third kappa shape index (κ3) is 3.26. The molecule has 0 spiro atoms. The van der Waals surface area contributed by atoms with Gasteiger partial charge in [-0.3, -0.25) is 0 Å². The van der Waals surface area contributed by atoms with Gasteiger partial charge < -0.3 is 5.32 Å². The molecule has 0 saturated heterocycles. The minimum absolute atomic E-state index is 0.194. The highest BCUT2D eigenvalue weighted by molar-refractivity contribution is 6.34. The van der Waals surface area contributed by atoms with E-state index in [9.17, 15) is 13.2 Å². The first-order valence-electron chi connectivity index (χ1n) is 7.94. The van der Waals surface area contributed by atoms with Crippen molar-refractivity contribution in [1.82, 2.24) is 9.78 Å². The zero-order valence-corrected chi connectivity index (χ0v) is 15.8. The van der Waals surface area contributed by atoms with E-state index >= 15 is 0 Å². The molecule has 0 atom stereocenters. The first-order chi connectivity index (χ1) is 12.8.